The van der Waals surface area contributed by atoms with E-state index >= 15 is 0 Å². The molecule has 2 aromatic carbocycles. The summed E-state index contributed by atoms with van der Waals surface area (Å²) >= 11 is 3.24. The fraction of sp³-hybridized carbons (Fsp3) is 0.370. The first-order chi connectivity index (χ1) is 18.4. The Bertz CT molecular complexity index is 1630. The molecule has 2 heterocycles. The summed E-state index contributed by atoms with van der Waals surface area (Å²) in [6.07, 6.45) is 5.51. The van der Waals surface area contributed by atoms with E-state index in [4.69, 9.17) is 0 Å². The van der Waals surface area contributed by atoms with Crippen LogP contribution in [0.1, 0.15) is 45.0 Å². The van der Waals surface area contributed by atoms with Crippen molar-refractivity contribution >= 4 is 65.3 Å². The minimum absolute atomic E-state index is 0. The lowest BCUT2D eigenvalue weighted by Crippen LogP contribution is -2.37. The van der Waals surface area contributed by atoms with Crippen LogP contribution in [0.25, 0.3) is 16.3 Å². The van der Waals surface area contributed by atoms with Crippen LogP contribution in [0.2, 0.25) is 0 Å². The summed E-state index contributed by atoms with van der Waals surface area (Å²) in [5.74, 6) is 0. The Morgan fingerprint density at radius 2 is 1.60 bits per heavy atom. The molecular weight excluding hydrogens is 593 g/mol. The number of thioether (sulfide) groups is 1. The Balaban J connectivity index is 0.00000441. The number of aromatic nitrogens is 1. The number of para-hydroxylation sites is 2. The number of nitrogens with zero attached hydrogens (tertiary/aromatic N) is 2. The van der Waals surface area contributed by atoms with E-state index in [0.717, 1.165) is 42.8 Å². The van der Waals surface area contributed by atoms with Crippen LogP contribution >= 0.6 is 23.1 Å². The van der Waals surface area contributed by atoms with Gasteiger partial charge in [0.1, 0.15) is 4.70 Å². The Hall–Kier alpha value is -2.26. The van der Waals surface area contributed by atoms with E-state index in [1.807, 2.05) is 48.5 Å². The molecule has 0 spiro atoms. The third-order valence-electron chi connectivity index (χ3n) is 6.83. The topological polar surface area (TPSA) is 146 Å². The normalized spacial score (nSPS) is 16.7. The SMILES string of the molecule is CCC(=Cc1sc2ccccc2[n+]1CCC(C)S(=O)(=O)O)C=C1Sc2ccccc2N1CCC(C)S(=O)(=O)O.[OH-]. The van der Waals surface area contributed by atoms with Gasteiger partial charge in [-0.15, -0.1) is 0 Å². The van der Waals surface area contributed by atoms with Crippen molar-refractivity contribution in [1.82, 2.24) is 0 Å². The van der Waals surface area contributed by atoms with E-state index in [2.05, 4.69) is 28.5 Å². The van der Waals surface area contributed by atoms with Crippen LogP contribution in [0.5, 0.6) is 0 Å². The maximum absolute atomic E-state index is 11.6. The first-order valence-corrected chi connectivity index (χ1v) is 17.3. The summed E-state index contributed by atoms with van der Waals surface area (Å²) in [5, 5.41) is 0.194. The third kappa shape index (κ3) is 7.52. The monoisotopic (exact) mass is 626 g/mol. The fourth-order valence-corrected chi connectivity index (χ4v) is 7.40. The lowest BCUT2D eigenvalue weighted by molar-refractivity contribution is -0.669. The van der Waals surface area contributed by atoms with E-state index in [9.17, 15) is 25.9 Å². The van der Waals surface area contributed by atoms with Gasteiger partial charge in [0.15, 0.2) is 6.54 Å². The van der Waals surface area contributed by atoms with E-state index in [0.29, 0.717) is 13.1 Å². The predicted molar refractivity (Wildman–Crippen MR) is 161 cm³/mol. The third-order valence-corrected chi connectivity index (χ3v) is 11.6. The van der Waals surface area contributed by atoms with Gasteiger partial charge in [0.2, 0.25) is 5.52 Å². The second-order valence-corrected chi connectivity index (χ2v) is 15.4. The van der Waals surface area contributed by atoms with Crippen molar-refractivity contribution in [1.29, 1.82) is 0 Å². The minimum atomic E-state index is -4.12. The summed E-state index contributed by atoms with van der Waals surface area (Å²) in [5.41, 5.74) is 3.06. The number of hydrogen-bond donors (Lipinski definition) is 2. The molecule has 0 bridgehead atoms. The van der Waals surface area contributed by atoms with Crippen molar-refractivity contribution in [3.8, 4) is 0 Å². The summed E-state index contributed by atoms with van der Waals surface area (Å²) in [7, 11) is -8.23. The molecular formula is C27H34N2O7S4. The average Bonchev–Trinajstić information content (AvgIpc) is 3.41. The molecule has 4 rings (SSSR count). The van der Waals surface area contributed by atoms with Gasteiger partial charge >= 0.3 is 0 Å². The Labute approximate surface area is 244 Å². The lowest BCUT2D eigenvalue weighted by Gasteiger charge is -2.22. The molecule has 0 aliphatic carbocycles. The number of aryl methyl sites for hydroxylation is 1. The van der Waals surface area contributed by atoms with E-state index < -0.39 is 30.7 Å². The minimum Gasteiger partial charge on any atom is -0.870 e. The second kappa shape index (κ2) is 13.1. The van der Waals surface area contributed by atoms with E-state index in [-0.39, 0.29) is 18.3 Å². The largest absolute Gasteiger partial charge is 0.870 e. The highest BCUT2D eigenvalue weighted by Crippen LogP contribution is 2.46. The first-order valence-electron chi connectivity index (χ1n) is 12.7. The van der Waals surface area contributed by atoms with Gasteiger partial charge in [0, 0.05) is 30.0 Å². The smallest absolute Gasteiger partial charge is 0.267 e. The van der Waals surface area contributed by atoms with Crippen LogP contribution < -0.4 is 9.47 Å². The number of anilines is 1. The molecule has 218 valence electrons. The van der Waals surface area contributed by atoms with Crippen molar-refractivity contribution in [3.05, 3.63) is 70.2 Å². The molecule has 2 unspecified atom stereocenters. The Morgan fingerprint density at radius 3 is 2.27 bits per heavy atom. The molecule has 3 N–H and O–H groups in total. The molecule has 0 saturated heterocycles. The zero-order chi connectivity index (χ0) is 28.4. The number of thiazole rings is 1. The highest BCUT2D eigenvalue weighted by Gasteiger charge is 2.28. The fourth-order valence-electron chi connectivity index (χ4n) is 4.26. The molecule has 0 saturated carbocycles. The number of fused-ring (bicyclic) bond motifs is 2. The molecule has 1 aliphatic heterocycles. The predicted octanol–water partition coefficient (Wildman–Crippen LogP) is 5.59. The highest BCUT2D eigenvalue weighted by molar-refractivity contribution is 8.03. The summed E-state index contributed by atoms with van der Waals surface area (Å²) < 4.78 is 68.5. The molecule has 0 fully saturated rings. The van der Waals surface area contributed by atoms with Crippen molar-refractivity contribution in [2.75, 3.05) is 11.4 Å². The van der Waals surface area contributed by atoms with Gasteiger partial charge in [-0.25, -0.2) is 0 Å². The van der Waals surface area contributed by atoms with Crippen LogP contribution in [0.15, 0.2) is 70.1 Å². The highest BCUT2D eigenvalue weighted by atomic mass is 32.2. The molecule has 0 radical (unpaired) electrons. The summed E-state index contributed by atoms with van der Waals surface area (Å²) in [6.45, 7) is 5.95. The lowest BCUT2D eigenvalue weighted by atomic mass is 10.2. The van der Waals surface area contributed by atoms with Crippen LogP contribution in [0.4, 0.5) is 5.69 Å². The quantitative estimate of drug-likeness (QED) is 0.205. The second-order valence-electron chi connectivity index (χ2n) is 9.56. The zero-order valence-electron chi connectivity index (χ0n) is 22.5. The van der Waals surface area contributed by atoms with Crippen molar-refractivity contribution in [2.45, 2.75) is 62.0 Å². The van der Waals surface area contributed by atoms with E-state index in [1.54, 1.807) is 23.1 Å². The maximum Gasteiger partial charge on any atom is 0.267 e. The van der Waals surface area contributed by atoms with Crippen LogP contribution in [-0.4, -0.2) is 48.5 Å². The van der Waals surface area contributed by atoms with Crippen molar-refractivity contribution < 1.29 is 36.0 Å². The molecule has 2 atom stereocenters. The Morgan fingerprint density at radius 1 is 0.975 bits per heavy atom. The maximum atomic E-state index is 11.6. The van der Waals surface area contributed by atoms with Crippen LogP contribution in [0.3, 0.4) is 0 Å². The van der Waals surface area contributed by atoms with E-state index in [1.165, 1.54) is 13.8 Å². The van der Waals surface area contributed by atoms with Crippen molar-refractivity contribution in [2.24, 2.45) is 0 Å². The van der Waals surface area contributed by atoms with Gasteiger partial charge in [0.25, 0.3) is 25.2 Å². The molecule has 1 aliphatic rings. The number of hydrogen-bond acceptors (Lipinski definition) is 8. The number of benzene rings is 2. The van der Waals surface area contributed by atoms with Gasteiger partial charge < -0.3 is 10.4 Å². The average molecular weight is 627 g/mol. The first kappa shape index (κ1) is 32.3. The molecule has 3 aromatic rings. The van der Waals surface area contributed by atoms with Gasteiger partial charge in [-0.2, -0.15) is 21.4 Å². The van der Waals surface area contributed by atoms with Crippen LogP contribution in [0, 0.1) is 0 Å². The van der Waals surface area contributed by atoms with Gasteiger partial charge in [-0.3, -0.25) is 9.11 Å². The number of allylic oxidation sites excluding steroid dienone is 2. The van der Waals surface area contributed by atoms with Gasteiger partial charge in [-0.05, 0) is 56.5 Å². The van der Waals surface area contributed by atoms with Crippen LogP contribution in [-0.2, 0) is 26.8 Å². The van der Waals surface area contributed by atoms with Gasteiger partial charge in [0.05, 0.1) is 21.2 Å². The number of rotatable bonds is 11. The zero-order valence-corrected chi connectivity index (χ0v) is 25.7. The van der Waals surface area contributed by atoms with Gasteiger partial charge in [-0.1, -0.05) is 54.3 Å². The Kier molecular flexibility index (Phi) is 10.6. The van der Waals surface area contributed by atoms with Crippen molar-refractivity contribution in [3.63, 3.8) is 0 Å². The molecule has 9 nitrogen and oxygen atoms in total. The standard InChI is InChI=1S/C27H32N2O6S4.H2O/c1-4-21(17-26-28(15-13-19(2)38(30,31)32)22-9-5-7-11-24(22)36-26)18-27-29(16-14-20(3)39(33,34)35)23-10-6-8-12-25(23)37-27;/h5-12,17-20H,4,13-16H2,1-3H3,(H-,30,31,32,33,34,35);1H2. The molecule has 1 aromatic heterocycles. The molecule has 0 amide bonds. The summed E-state index contributed by atoms with van der Waals surface area (Å²) in [4.78, 5) is 3.17. The molecule has 13 heteroatoms. The molecule has 40 heavy (non-hydrogen) atoms. The summed E-state index contributed by atoms with van der Waals surface area (Å²) in [6, 6.07) is 15.9.